The molecule has 4 nitrogen and oxygen atoms in total. The zero-order chi connectivity index (χ0) is 14.2. The van der Waals surface area contributed by atoms with Gasteiger partial charge in [0.15, 0.2) is 0 Å². The van der Waals surface area contributed by atoms with Gasteiger partial charge in [0.05, 0.1) is 0 Å². The SMILES string of the molecule is O=C(NCCCN1CCCC1CCCO)C1CCCC1. The lowest BCUT2D eigenvalue weighted by Gasteiger charge is -2.24. The van der Waals surface area contributed by atoms with Crippen LogP contribution in [-0.4, -0.2) is 48.2 Å². The van der Waals surface area contributed by atoms with Crippen LogP contribution in [0.5, 0.6) is 0 Å². The van der Waals surface area contributed by atoms with Crippen molar-refractivity contribution < 1.29 is 9.90 Å². The third kappa shape index (κ3) is 4.74. The van der Waals surface area contributed by atoms with Crippen molar-refractivity contribution in [3.63, 3.8) is 0 Å². The van der Waals surface area contributed by atoms with Crippen molar-refractivity contribution in [3.05, 3.63) is 0 Å². The predicted molar refractivity (Wildman–Crippen MR) is 80.5 cm³/mol. The molecule has 116 valence electrons. The maximum absolute atomic E-state index is 11.9. The van der Waals surface area contributed by atoms with Crippen LogP contribution in [0, 0.1) is 5.92 Å². The minimum Gasteiger partial charge on any atom is -0.396 e. The molecule has 1 saturated carbocycles. The summed E-state index contributed by atoms with van der Waals surface area (Å²) in [5.41, 5.74) is 0. The van der Waals surface area contributed by atoms with Crippen molar-refractivity contribution in [2.75, 3.05) is 26.2 Å². The number of aliphatic hydroxyl groups excluding tert-OH is 1. The number of nitrogens with one attached hydrogen (secondary N) is 1. The summed E-state index contributed by atoms with van der Waals surface area (Å²) in [4.78, 5) is 14.4. The summed E-state index contributed by atoms with van der Waals surface area (Å²) in [5, 5.41) is 12.0. The number of likely N-dealkylation sites (tertiary alicyclic amines) is 1. The Balaban J connectivity index is 1.56. The minimum absolute atomic E-state index is 0.278. The van der Waals surface area contributed by atoms with E-state index in [0.717, 1.165) is 45.2 Å². The average molecular weight is 282 g/mol. The Labute approximate surface area is 122 Å². The van der Waals surface area contributed by atoms with Crippen molar-refractivity contribution in [1.82, 2.24) is 10.2 Å². The number of aliphatic hydroxyl groups is 1. The van der Waals surface area contributed by atoms with E-state index in [1.54, 1.807) is 0 Å². The van der Waals surface area contributed by atoms with Crippen molar-refractivity contribution in [1.29, 1.82) is 0 Å². The summed E-state index contributed by atoms with van der Waals surface area (Å²) in [6, 6.07) is 0.660. The van der Waals surface area contributed by atoms with E-state index in [2.05, 4.69) is 10.2 Å². The van der Waals surface area contributed by atoms with Gasteiger partial charge in [-0.15, -0.1) is 0 Å². The molecular weight excluding hydrogens is 252 g/mol. The molecule has 4 heteroatoms. The van der Waals surface area contributed by atoms with Crippen LogP contribution in [0.4, 0.5) is 0 Å². The molecule has 0 aromatic rings. The fourth-order valence-electron chi connectivity index (χ4n) is 3.67. The third-order valence-corrected chi connectivity index (χ3v) is 4.84. The first-order valence-electron chi connectivity index (χ1n) is 8.44. The number of hydrogen-bond donors (Lipinski definition) is 2. The molecule has 2 rings (SSSR count). The van der Waals surface area contributed by atoms with E-state index in [9.17, 15) is 4.79 Å². The molecular formula is C16H30N2O2. The fourth-order valence-corrected chi connectivity index (χ4v) is 3.67. The molecule has 1 unspecified atom stereocenters. The average Bonchev–Trinajstić information content (AvgIpc) is 3.12. The van der Waals surface area contributed by atoms with E-state index in [-0.39, 0.29) is 5.91 Å². The topological polar surface area (TPSA) is 52.6 Å². The van der Waals surface area contributed by atoms with Gasteiger partial charge in [-0.05, 0) is 51.5 Å². The Bertz CT molecular complexity index is 290. The molecule has 0 spiro atoms. The first-order valence-corrected chi connectivity index (χ1v) is 8.44. The van der Waals surface area contributed by atoms with Gasteiger partial charge >= 0.3 is 0 Å². The van der Waals surface area contributed by atoms with Gasteiger partial charge in [-0.2, -0.15) is 0 Å². The molecule has 20 heavy (non-hydrogen) atoms. The zero-order valence-electron chi connectivity index (χ0n) is 12.6. The van der Waals surface area contributed by atoms with Gasteiger partial charge < -0.3 is 15.3 Å². The summed E-state index contributed by atoms with van der Waals surface area (Å²) < 4.78 is 0. The number of rotatable bonds is 8. The van der Waals surface area contributed by atoms with Crippen molar-refractivity contribution in [3.8, 4) is 0 Å². The van der Waals surface area contributed by atoms with Crippen LogP contribution in [0.25, 0.3) is 0 Å². The van der Waals surface area contributed by atoms with E-state index in [1.165, 1.54) is 32.2 Å². The molecule has 1 atom stereocenters. The number of amides is 1. The molecule has 1 aliphatic heterocycles. The lowest BCUT2D eigenvalue weighted by atomic mass is 10.1. The lowest BCUT2D eigenvalue weighted by Crippen LogP contribution is -2.34. The second kappa shape index (κ2) is 8.63. The summed E-state index contributed by atoms with van der Waals surface area (Å²) in [7, 11) is 0. The zero-order valence-corrected chi connectivity index (χ0v) is 12.6. The fraction of sp³-hybridized carbons (Fsp3) is 0.938. The molecule has 0 bridgehead atoms. The van der Waals surface area contributed by atoms with E-state index in [1.807, 2.05) is 0 Å². The largest absolute Gasteiger partial charge is 0.396 e. The first kappa shape index (κ1) is 15.8. The Morgan fingerprint density at radius 1 is 1.15 bits per heavy atom. The Hall–Kier alpha value is -0.610. The highest BCUT2D eigenvalue weighted by Gasteiger charge is 2.24. The molecule has 0 radical (unpaired) electrons. The normalized spacial score (nSPS) is 24.4. The van der Waals surface area contributed by atoms with Gasteiger partial charge in [0.1, 0.15) is 0 Å². The third-order valence-electron chi connectivity index (χ3n) is 4.84. The summed E-state index contributed by atoms with van der Waals surface area (Å²) in [6.07, 6.45) is 10.2. The maximum atomic E-state index is 11.9. The molecule has 0 aromatic carbocycles. The van der Waals surface area contributed by atoms with Gasteiger partial charge in [-0.3, -0.25) is 4.79 Å². The second-order valence-electron chi connectivity index (χ2n) is 6.32. The molecule has 1 heterocycles. The Kier molecular flexibility index (Phi) is 6.80. The highest BCUT2D eigenvalue weighted by Crippen LogP contribution is 2.24. The number of carbonyl (C=O) groups excluding carboxylic acids is 1. The highest BCUT2D eigenvalue weighted by molar-refractivity contribution is 5.78. The first-order chi connectivity index (χ1) is 9.81. The summed E-state index contributed by atoms with van der Waals surface area (Å²) in [5.74, 6) is 0.569. The van der Waals surface area contributed by atoms with E-state index >= 15 is 0 Å². The molecule has 2 fully saturated rings. The van der Waals surface area contributed by atoms with Gasteiger partial charge in [0.25, 0.3) is 0 Å². The second-order valence-corrected chi connectivity index (χ2v) is 6.32. The summed E-state index contributed by atoms with van der Waals surface area (Å²) in [6.45, 7) is 3.40. The molecule has 0 aromatic heterocycles. The van der Waals surface area contributed by atoms with E-state index < -0.39 is 0 Å². The Morgan fingerprint density at radius 2 is 1.95 bits per heavy atom. The summed E-state index contributed by atoms with van der Waals surface area (Å²) >= 11 is 0. The van der Waals surface area contributed by atoms with Crippen LogP contribution < -0.4 is 5.32 Å². The van der Waals surface area contributed by atoms with Crippen LogP contribution in [0.15, 0.2) is 0 Å². The lowest BCUT2D eigenvalue weighted by molar-refractivity contribution is -0.124. The maximum Gasteiger partial charge on any atom is 0.223 e. The highest BCUT2D eigenvalue weighted by atomic mass is 16.2. The number of nitrogens with zero attached hydrogens (tertiary/aromatic N) is 1. The standard InChI is InChI=1S/C16H30N2O2/c19-13-4-9-15-8-3-11-18(15)12-5-10-17-16(20)14-6-1-2-7-14/h14-15,19H,1-13H2,(H,17,20). The van der Waals surface area contributed by atoms with Crippen molar-refractivity contribution >= 4 is 5.91 Å². The van der Waals surface area contributed by atoms with Crippen molar-refractivity contribution in [2.24, 2.45) is 5.92 Å². The number of hydrogen-bond acceptors (Lipinski definition) is 3. The number of carbonyl (C=O) groups is 1. The van der Waals surface area contributed by atoms with Gasteiger partial charge in [-0.1, -0.05) is 12.8 Å². The van der Waals surface area contributed by atoms with Crippen molar-refractivity contribution in [2.45, 2.75) is 63.8 Å². The monoisotopic (exact) mass is 282 g/mol. The van der Waals surface area contributed by atoms with Crippen LogP contribution >= 0.6 is 0 Å². The Morgan fingerprint density at radius 3 is 2.70 bits per heavy atom. The van der Waals surface area contributed by atoms with Gasteiger partial charge in [0, 0.05) is 31.7 Å². The molecule has 2 N–H and O–H groups in total. The van der Waals surface area contributed by atoms with E-state index in [4.69, 9.17) is 5.11 Å². The predicted octanol–water partition coefficient (Wildman–Crippen LogP) is 1.92. The van der Waals surface area contributed by atoms with Crippen LogP contribution in [0.1, 0.15) is 57.8 Å². The van der Waals surface area contributed by atoms with Gasteiger partial charge in [0.2, 0.25) is 5.91 Å². The minimum atomic E-state index is 0.278. The van der Waals surface area contributed by atoms with Crippen LogP contribution in [-0.2, 0) is 4.79 Å². The molecule has 1 aliphatic carbocycles. The van der Waals surface area contributed by atoms with Gasteiger partial charge in [-0.25, -0.2) is 0 Å². The van der Waals surface area contributed by atoms with Crippen LogP contribution in [0.2, 0.25) is 0 Å². The molecule has 1 saturated heterocycles. The van der Waals surface area contributed by atoms with E-state index in [0.29, 0.717) is 18.6 Å². The smallest absolute Gasteiger partial charge is 0.223 e. The van der Waals surface area contributed by atoms with Crippen LogP contribution in [0.3, 0.4) is 0 Å². The molecule has 2 aliphatic rings. The molecule has 1 amide bonds. The quantitative estimate of drug-likeness (QED) is 0.669.